The summed E-state index contributed by atoms with van der Waals surface area (Å²) in [6.45, 7) is 6.12. The van der Waals surface area contributed by atoms with Gasteiger partial charge in [0, 0.05) is 19.2 Å². The Morgan fingerprint density at radius 3 is 2.88 bits per heavy atom. The lowest BCUT2D eigenvalue weighted by molar-refractivity contribution is -0.120. The molecule has 2 N–H and O–H groups in total. The van der Waals surface area contributed by atoms with Gasteiger partial charge in [-0.1, -0.05) is 6.92 Å². The van der Waals surface area contributed by atoms with E-state index in [4.69, 9.17) is 4.74 Å². The SMILES string of the molecule is CCC(C)NC(=O)CNCC1CCCO1.Cl. The van der Waals surface area contributed by atoms with E-state index in [1.54, 1.807) is 0 Å². The molecule has 1 rings (SSSR count). The molecule has 1 amide bonds. The zero-order valence-electron chi connectivity index (χ0n) is 10.1. The van der Waals surface area contributed by atoms with E-state index in [9.17, 15) is 4.79 Å². The van der Waals surface area contributed by atoms with Gasteiger partial charge in [-0.15, -0.1) is 12.4 Å². The molecule has 4 nitrogen and oxygen atoms in total. The molecule has 0 aliphatic carbocycles. The van der Waals surface area contributed by atoms with Gasteiger partial charge < -0.3 is 15.4 Å². The molecular formula is C11H23ClN2O2. The molecule has 0 bridgehead atoms. The van der Waals surface area contributed by atoms with Gasteiger partial charge in [0.05, 0.1) is 12.6 Å². The molecule has 0 aromatic rings. The molecule has 1 saturated heterocycles. The second-order valence-corrected chi connectivity index (χ2v) is 4.14. The summed E-state index contributed by atoms with van der Waals surface area (Å²) in [5.74, 6) is 0.0716. The quantitative estimate of drug-likeness (QED) is 0.742. The van der Waals surface area contributed by atoms with Crippen molar-refractivity contribution in [3.05, 3.63) is 0 Å². The third-order valence-corrected chi connectivity index (χ3v) is 2.70. The van der Waals surface area contributed by atoms with E-state index >= 15 is 0 Å². The Hall–Kier alpha value is -0.320. The smallest absolute Gasteiger partial charge is 0.234 e. The highest BCUT2D eigenvalue weighted by atomic mass is 35.5. The second-order valence-electron chi connectivity index (χ2n) is 4.14. The van der Waals surface area contributed by atoms with E-state index in [1.807, 2.05) is 6.92 Å². The molecule has 0 aromatic heterocycles. The number of amides is 1. The maximum atomic E-state index is 11.4. The minimum Gasteiger partial charge on any atom is -0.377 e. The number of carbonyl (C=O) groups is 1. The standard InChI is InChI=1S/C11H22N2O2.ClH/c1-3-9(2)13-11(14)8-12-7-10-5-4-6-15-10;/h9-10,12H,3-8H2,1-2H3,(H,13,14);1H. The maximum Gasteiger partial charge on any atom is 0.234 e. The first-order chi connectivity index (χ1) is 7.22. The zero-order valence-corrected chi connectivity index (χ0v) is 10.9. The summed E-state index contributed by atoms with van der Waals surface area (Å²) in [5, 5.41) is 6.03. The van der Waals surface area contributed by atoms with Crippen molar-refractivity contribution in [2.75, 3.05) is 19.7 Å². The van der Waals surface area contributed by atoms with Crippen LogP contribution in [0.15, 0.2) is 0 Å². The van der Waals surface area contributed by atoms with Crippen LogP contribution in [-0.4, -0.2) is 37.7 Å². The number of rotatable bonds is 6. The Morgan fingerprint density at radius 1 is 1.56 bits per heavy atom. The average molecular weight is 251 g/mol. The van der Waals surface area contributed by atoms with Crippen LogP contribution in [0.5, 0.6) is 0 Å². The van der Waals surface area contributed by atoms with Crippen LogP contribution in [0, 0.1) is 0 Å². The van der Waals surface area contributed by atoms with Crippen molar-refractivity contribution in [2.24, 2.45) is 0 Å². The van der Waals surface area contributed by atoms with Crippen LogP contribution in [0.3, 0.4) is 0 Å². The van der Waals surface area contributed by atoms with Gasteiger partial charge in [-0.05, 0) is 26.2 Å². The van der Waals surface area contributed by atoms with E-state index in [-0.39, 0.29) is 24.4 Å². The fourth-order valence-electron chi connectivity index (χ4n) is 1.58. The predicted molar refractivity (Wildman–Crippen MR) is 67.0 cm³/mol. The number of hydrogen-bond acceptors (Lipinski definition) is 3. The van der Waals surface area contributed by atoms with Crippen LogP contribution in [0.1, 0.15) is 33.1 Å². The summed E-state index contributed by atoms with van der Waals surface area (Å²) in [6, 6.07) is 0.266. The Labute approximate surface area is 104 Å². The molecule has 1 aliphatic heterocycles. The molecule has 1 heterocycles. The molecule has 2 atom stereocenters. The topological polar surface area (TPSA) is 50.4 Å². The van der Waals surface area contributed by atoms with Crippen LogP contribution < -0.4 is 10.6 Å². The predicted octanol–water partition coefficient (Wildman–Crippen LogP) is 1.09. The highest BCUT2D eigenvalue weighted by Gasteiger charge is 2.15. The summed E-state index contributed by atoms with van der Waals surface area (Å²) in [4.78, 5) is 11.4. The summed E-state index contributed by atoms with van der Waals surface area (Å²) in [6.07, 6.45) is 3.53. The fraction of sp³-hybridized carbons (Fsp3) is 0.909. The molecule has 1 aliphatic rings. The van der Waals surface area contributed by atoms with E-state index in [2.05, 4.69) is 17.6 Å². The van der Waals surface area contributed by atoms with Gasteiger partial charge in [0.1, 0.15) is 0 Å². The first kappa shape index (κ1) is 15.7. The van der Waals surface area contributed by atoms with Crippen molar-refractivity contribution in [3.63, 3.8) is 0 Å². The van der Waals surface area contributed by atoms with E-state index in [1.165, 1.54) is 0 Å². The number of ether oxygens (including phenoxy) is 1. The molecule has 1 fully saturated rings. The van der Waals surface area contributed by atoms with Gasteiger partial charge in [-0.25, -0.2) is 0 Å². The third-order valence-electron chi connectivity index (χ3n) is 2.70. The molecule has 0 spiro atoms. The van der Waals surface area contributed by atoms with Crippen LogP contribution in [-0.2, 0) is 9.53 Å². The van der Waals surface area contributed by atoms with Gasteiger partial charge in [-0.2, -0.15) is 0 Å². The zero-order chi connectivity index (χ0) is 11.1. The van der Waals surface area contributed by atoms with E-state index in [0.29, 0.717) is 12.6 Å². The summed E-state index contributed by atoms with van der Waals surface area (Å²) >= 11 is 0. The van der Waals surface area contributed by atoms with Gasteiger partial charge in [-0.3, -0.25) is 4.79 Å². The molecule has 2 unspecified atom stereocenters. The van der Waals surface area contributed by atoms with Gasteiger partial charge in [0.15, 0.2) is 0 Å². The third kappa shape index (κ3) is 6.30. The lowest BCUT2D eigenvalue weighted by Gasteiger charge is -2.13. The minimum atomic E-state index is 0. The Morgan fingerprint density at radius 2 is 2.31 bits per heavy atom. The molecular weight excluding hydrogens is 228 g/mol. The monoisotopic (exact) mass is 250 g/mol. The largest absolute Gasteiger partial charge is 0.377 e. The maximum absolute atomic E-state index is 11.4. The lowest BCUT2D eigenvalue weighted by Crippen LogP contribution is -2.40. The molecule has 5 heteroatoms. The first-order valence-corrected chi connectivity index (χ1v) is 5.84. The normalized spacial score (nSPS) is 21.2. The molecule has 96 valence electrons. The van der Waals surface area contributed by atoms with Crippen LogP contribution in [0.4, 0.5) is 0 Å². The minimum absolute atomic E-state index is 0. The Bertz CT molecular complexity index is 196. The highest BCUT2D eigenvalue weighted by molar-refractivity contribution is 5.85. The summed E-state index contributed by atoms with van der Waals surface area (Å²) in [5.41, 5.74) is 0. The average Bonchev–Trinajstić information content (AvgIpc) is 2.70. The molecule has 0 radical (unpaired) electrons. The lowest BCUT2D eigenvalue weighted by atomic mass is 10.2. The van der Waals surface area contributed by atoms with Crippen molar-refractivity contribution >= 4 is 18.3 Å². The van der Waals surface area contributed by atoms with Crippen molar-refractivity contribution in [1.29, 1.82) is 0 Å². The Kier molecular flexibility index (Phi) is 8.61. The van der Waals surface area contributed by atoms with E-state index < -0.39 is 0 Å². The van der Waals surface area contributed by atoms with Crippen LogP contribution in [0.25, 0.3) is 0 Å². The van der Waals surface area contributed by atoms with Crippen molar-refractivity contribution in [1.82, 2.24) is 10.6 Å². The summed E-state index contributed by atoms with van der Waals surface area (Å²) in [7, 11) is 0. The summed E-state index contributed by atoms with van der Waals surface area (Å²) < 4.78 is 5.44. The first-order valence-electron chi connectivity index (χ1n) is 5.84. The number of nitrogens with one attached hydrogen (secondary N) is 2. The van der Waals surface area contributed by atoms with Crippen molar-refractivity contribution < 1.29 is 9.53 Å². The molecule has 0 aromatic carbocycles. The van der Waals surface area contributed by atoms with Crippen LogP contribution >= 0.6 is 12.4 Å². The number of carbonyl (C=O) groups excluding carboxylic acids is 1. The van der Waals surface area contributed by atoms with Crippen molar-refractivity contribution in [3.8, 4) is 0 Å². The van der Waals surface area contributed by atoms with Gasteiger partial charge >= 0.3 is 0 Å². The molecule has 0 saturated carbocycles. The van der Waals surface area contributed by atoms with Crippen molar-refractivity contribution in [2.45, 2.75) is 45.3 Å². The number of hydrogen-bond donors (Lipinski definition) is 2. The van der Waals surface area contributed by atoms with Crippen LogP contribution in [0.2, 0.25) is 0 Å². The fourth-order valence-corrected chi connectivity index (χ4v) is 1.58. The Balaban J connectivity index is 0.00000225. The van der Waals surface area contributed by atoms with Gasteiger partial charge in [0.25, 0.3) is 0 Å². The van der Waals surface area contributed by atoms with E-state index in [0.717, 1.165) is 32.4 Å². The second kappa shape index (κ2) is 8.79. The molecule has 16 heavy (non-hydrogen) atoms. The number of halogens is 1. The van der Waals surface area contributed by atoms with Gasteiger partial charge in [0.2, 0.25) is 5.91 Å². The highest BCUT2D eigenvalue weighted by Crippen LogP contribution is 2.10.